The van der Waals surface area contributed by atoms with Gasteiger partial charge in [-0.05, 0) is 12.8 Å². The van der Waals surface area contributed by atoms with Crippen molar-refractivity contribution in [2.24, 2.45) is 5.73 Å². The summed E-state index contributed by atoms with van der Waals surface area (Å²) in [6.07, 6.45) is 2.35. The largest absolute Gasteiger partial charge is 0.369 e. The Bertz CT molecular complexity index is 339. The molecule has 2 aliphatic heterocycles. The summed E-state index contributed by atoms with van der Waals surface area (Å²) in [5, 5.41) is 6.48. The third-order valence-electron chi connectivity index (χ3n) is 3.76. The molecule has 2 rings (SSSR count). The minimum atomic E-state index is -0.284. The van der Waals surface area contributed by atoms with Crippen molar-refractivity contribution in [1.82, 2.24) is 15.5 Å². The molecule has 6 nitrogen and oxygen atoms in total. The molecule has 114 valence electrons. The summed E-state index contributed by atoms with van der Waals surface area (Å²) in [5.74, 6) is 2.01. The summed E-state index contributed by atoms with van der Waals surface area (Å²) < 4.78 is 0. The molecule has 7 heteroatoms. The zero-order valence-electron chi connectivity index (χ0n) is 11.8. The van der Waals surface area contributed by atoms with E-state index in [1.54, 1.807) is 0 Å². The average molecular weight is 300 g/mol. The lowest BCUT2D eigenvalue weighted by atomic mass is 10.0. The quantitative estimate of drug-likeness (QED) is 0.615. The molecule has 0 aromatic carbocycles. The monoisotopic (exact) mass is 300 g/mol. The van der Waals surface area contributed by atoms with Crippen LogP contribution in [0.5, 0.6) is 0 Å². The van der Waals surface area contributed by atoms with Gasteiger partial charge in [0.25, 0.3) is 0 Å². The second kappa shape index (κ2) is 7.85. The van der Waals surface area contributed by atoms with Crippen molar-refractivity contribution >= 4 is 23.6 Å². The highest BCUT2D eigenvalue weighted by Crippen LogP contribution is 2.12. The fraction of sp³-hybridized carbons (Fsp3) is 0.846. The summed E-state index contributed by atoms with van der Waals surface area (Å²) in [4.78, 5) is 24.9. The lowest BCUT2D eigenvalue weighted by molar-refractivity contribution is -0.123. The van der Waals surface area contributed by atoms with Gasteiger partial charge in [0.1, 0.15) is 0 Å². The second-order valence-electron chi connectivity index (χ2n) is 5.51. The zero-order chi connectivity index (χ0) is 14.4. The number of thioether (sulfide) groups is 1. The van der Waals surface area contributed by atoms with E-state index < -0.39 is 0 Å². The van der Waals surface area contributed by atoms with Crippen molar-refractivity contribution in [2.75, 3.05) is 37.7 Å². The molecular formula is C13H24N4O2S. The molecule has 0 radical (unpaired) electrons. The summed E-state index contributed by atoms with van der Waals surface area (Å²) in [7, 11) is 0. The lowest BCUT2D eigenvalue weighted by Gasteiger charge is -2.32. The van der Waals surface area contributed by atoms with Crippen molar-refractivity contribution in [3.8, 4) is 0 Å². The number of hydrogen-bond donors (Lipinski definition) is 3. The Morgan fingerprint density at radius 1 is 1.35 bits per heavy atom. The first-order chi connectivity index (χ1) is 9.63. The predicted molar refractivity (Wildman–Crippen MR) is 80.5 cm³/mol. The van der Waals surface area contributed by atoms with Gasteiger partial charge in [0, 0.05) is 49.6 Å². The Labute approximate surface area is 124 Å². The van der Waals surface area contributed by atoms with E-state index in [1.165, 1.54) is 0 Å². The van der Waals surface area contributed by atoms with E-state index in [4.69, 9.17) is 5.73 Å². The summed E-state index contributed by atoms with van der Waals surface area (Å²) >= 11 is 1.90. The van der Waals surface area contributed by atoms with Crippen LogP contribution in [0.4, 0.5) is 0 Å². The van der Waals surface area contributed by atoms with Crippen molar-refractivity contribution in [1.29, 1.82) is 0 Å². The number of hydrogen-bond acceptors (Lipinski definition) is 5. The van der Waals surface area contributed by atoms with Crippen molar-refractivity contribution in [3.63, 3.8) is 0 Å². The fourth-order valence-corrected chi connectivity index (χ4v) is 3.67. The molecule has 0 saturated carbocycles. The molecule has 2 heterocycles. The molecule has 2 fully saturated rings. The number of nitrogens with zero attached hydrogens (tertiary/aromatic N) is 1. The maximum Gasteiger partial charge on any atom is 0.231 e. The highest BCUT2D eigenvalue weighted by atomic mass is 32.2. The van der Waals surface area contributed by atoms with Crippen LogP contribution in [0.25, 0.3) is 0 Å². The van der Waals surface area contributed by atoms with Crippen molar-refractivity contribution in [3.05, 3.63) is 0 Å². The Morgan fingerprint density at radius 3 is 2.70 bits per heavy atom. The number of carbonyl (C=O) groups excluding carboxylic acids is 2. The van der Waals surface area contributed by atoms with E-state index in [1.807, 2.05) is 16.7 Å². The van der Waals surface area contributed by atoms with E-state index in [-0.39, 0.29) is 17.9 Å². The number of nitrogens with two attached hydrogens (primary N) is 1. The number of likely N-dealkylation sites (tertiary alicyclic amines) is 1. The minimum Gasteiger partial charge on any atom is -0.369 e. The smallest absolute Gasteiger partial charge is 0.231 e. The Hall–Kier alpha value is -0.790. The molecule has 0 aromatic rings. The van der Waals surface area contributed by atoms with Gasteiger partial charge in [-0.3, -0.25) is 14.5 Å². The predicted octanol–water partition coefficient (Wildman–Crippen LogP) is -0.853. The Kier molecular flexibility index (Phi) is 6.12. The number of nitrogens with one attached hydrogen (secondary N) is 2. The molecule has 0 aromatic heterocycles. The van der Waals surface area contributed by atoms with Crippen LogP contribution in [-0.2, 0) is 9.59 Å². The zero-order valence-corrected chi connectivity index (χ0v) is 12.6. The Balaban J connectivity index is 1.64. The third-order valence-corrected chi connectivity index (χ3v) is 4.89. The number of rotatable bonds is 5. The molecule has 0 spiro atoms. The van der Waals surface area contributed by atoms with Gasteiger partial charge in [-0.1, -0.05) is 0 Å². The van der Waals surface area contributed by atoms with E-state index in [2.05, 4.69) is 10.6 Å². The fourth-order valence-electron chi connectivity index (χ4n) is 2.72. The van der Waals surface area contributed by atoms with Crippen LogP contribution in [0, 0.1) is 0 Å². The van der Waals surface area contributed by atoms with E-state index in [9.17, 15) is 9.59 Å². The normalized spacial score (nSPS) is 25.3. The molecule has 2 amide bonds. The average Bonchev–Trinajstić information content (AvgIpc) is 2.41. The van der Waals surface area contributed by atoms with Crippen LogP contribution in [-0.4, -0.2) is 66.5 Å². The van der Waals surface area contributed by atoms with Gasteiger partial charge in [-0.2, -0.15) is 11.8 Å². The molecule has 20 heavy (non-hydrogen) atoms. The molecule has 0 bridgehead atoms. The van der Waals surface area contributed by atoms with Crippen molar-refractivity contribution < 1.29 is 9.59 Å². The van der Waals surface area contributed by atoms with Crippen LogP contribution in [0.3, 0.4) is 0 Å². The van der Waals surface area contributed by atoms with Crippen LogP contribution < -0.4 is 16.4 Å². The number of amides is 2. The van der Waals surface area contributed by atoms with Crippen LogP contribution in [0.1, 0.15) is 19.3 Å². The Morgan fingerprint density at radius 2 is 2.10 bits per heavy atom. The van der Waals surface area contributed by atoms with Crippen LogP contribution in [0.15, 0.2) is 0 Å². The highest BCUT2D eigenvalue weighted by Gasteiger charge is 2.23. The first kappa shape index (κ1) is 15.6. The van der Waals surface area contributed by atoms with E-state index in [0.29, 0.717) is 19.0 Å². The molecule has 2 aliphatic rings. The third kappa shape index (κ3) is 5.30. The van der Waals surface area contributed by atoms with Crippen LogP contribution in [0.2, 0.25) is 0 Å². The number of primary amides is 1. The summed E-state index contributed by atoms with van der Waals surface area (Å²) in [5.41, 5.74) is 5.18. The molecular weight excluding hydrogens is 276 g/mol. The van der Waals surface area contributed by atoms with Gasteiger partial charge in [-0.25, -0.2) is 0 Å². The second-order valence-corrected chi connectivity index (χ2v) is 6.66. The van der Waals surface area contributed by atoms with E-state index >= 15 is 0 Å². The maximum absolute atomic E-state index is 12.0. The molecule has 4 N–H and O–H groups in total. The van der Waals surface area contributed by atoms with Crippen LogP contribution >= 0.6 is 11.8 Å². The molecule has 2 saturated heterocycles. The lowest BCUT2D eigenvalue weighted by Crippen LogP contribution is -2.48. The standard InChI is InChI=1S/C13H24N4O2S/c14-12(18)8-17-4-1-10(2-5-17)16-13(19)7-11-9-20-6-3-15-11/h10-11,15H,1-9H2,(H2,14,18)(H,16,19). The maximum atomic E-state index is 12.0. The number of carbonyl (C=O) groups is 2. The van der Waals surface area contributed by atoms with Gasteiger partial charge >= 0.3 is 0 Å². The molecule has 1 unspecified atom stereocenters. The van der Waals surface area contributed by atoms with Gasteiger partial charge in [0.15, 0.2) is 0 Å². The number of piperidine rings is 1. The minimum absolute atomic E-state index is 0.137. The summed E-state index contributed by atoms with van der Waals surface area (Å²) in [6.45, 7) is 2.97. The van der Waals surface area contributed by atoms with Crippen molar-refractivity contribution in [2.45, 2.75) is 31.3 Å². The molecule has 1 atom stereocenters. The van der Waals surface area contributed by atoms with E-state index in [0.717, 1.165) is 44.0 Å². The highest BCUT2D eigenvalue weighted by molar-refractivity contribution is 7.99. The van der Waals surface area contributed by atoms with Gasteiger partial charge in [0.2, 0.25) is 11.8 Å². The summed E-state index contributed by atoms with van der Waals surface area (Å²) in [6, 6.07) is 0.548. The first-order valence-corrected chi connectivity index (χ1v) is 8.40. The molecule has 0 aliphatic carbocycles. The van der Waals surface area contributed by atoms with Gasteiger partial charge < -0.3 is 16.4 Å². The van der Waals surface area contributed by atoms with Gasteiger partial charge in [0.05, 0.1) is 6.54 Å². The first-order valence-electron chi connectivity index (χ1n) is 7.24. The topological polar surface area (TPSA) is 87.5 Å². The van der Waals surface area contributed by atoms with Gasteiger partial charge in [-0.15, -0.1) is 0 Å². The SMILES string of the molecule is NC(=O)CN1CCC(NC(=O)CC2CSCCN2)CC1.